The number of nitrogens with one attached hydrogen (secondary N) is 2. The van der Waals surface area contributed by atoms with Crippen molar-refractivity contribution >= 4 is 11.0 Å². The molecule has 0 bridgehead atoms. The zero-order chi connectivity index (χ0) is 17.6. The van der Waals surface area contributed by atoms with Crippen LogP contribution in [0, 0.1) is 18.8 Å². The van der Waals surface area contributed by atoms with E-state index in [0.717, 1.165) is 46.5 Å². The molecule has 1 aliphatic rings. The van der Waals surface area contributed by atoms with Crippen molar-refractivity contribution in [3.8, 4) is 11.3 Å². The molecule has 0 radical (unpaired) electrons. The number of aromatic nitrogens is 3. The fourth-order valence-corrected chi connectivity index (χ4v) is 4.10. The smallest absolute Gasteiger partial charge is 0.138 e. The van der Waals surface area contributed by atoms with Crippen LogP contribution >= 0.6 is 0 Å². The summed E-state index contributed by atoms with van der Waals surface area (Å²) in [5.41, 5.74) is 4.05. The average molecular weight is 336 g/mol. The lowest BCUT2D eigenvalue weighted by Gasteiger charge is -2.43. The van der Waals surface area contributed by atoms with Gasteiger partial charge in [-0.25, -0.2) is 4.98 Å². The fourth-order valence-electron chi connectivity index (χ4n) is 4.10. The van der Waals surface area contributed by atoms with Crippen molar-refractivity contribution in [1.29, 1.82) is 0 Å². The molecule has 130 valence electrons. The third-order valence-electron chi connectivity index (χ3n) is 5.68. The maximum Gasteiger partial charge on any atom is 0.138 e. The van der Waals surface area contributed by atoms with Crippen molar-refractivity contribution in [2.24, 2.45) is 11.8 Å². The zero-order valence-electron chi connectivity index (χ0n) is 14.9. The molecule has 1 fully saturated rings. The summed E-state index contributed by atoms with van der Waals surface area (Å²) in [6.45, 7) is 7.88. The first-order chi connectivity index (χ1) is 12.0. The van der Waals surface area contributed by atoms with Crippen LogP contribution in [-0.4, -0.2) is 33.1 Å². The van der Waals surface area contributed by atoms with Crippen molar-refractivity contribution in [1.82, 2.24) is 20.3 Å². The number of hydrogen-bond donors (Lipinski definition) is 3. The summed E-state index contributed by atoms with van der Waals surface area (Å²) in [5.74, 6) is 0.284. The van der Waals surface area contributed by atoms with Crippen molar-refractivity contribution < 1.29 is 5.11 Å². The van der Waals surface area contributed by atoms with Crippen LogP contribution < -0.4 is 5.32 Å². The zero-order valence-corrected chi connectivity index (χ0v) is 14.9. The monoisotopic (exact) mass is 336 g/mol. The molecule has 1 aliphatic heterocycles. The molecule has 0 aliphatic carbocycles. The van der Waals surface area contributed by atoms with E-state index in [1.54, 1.807) is 6.20 Å². The number of piperidine rings is 1. The van der Waals surface area contributed by atoms with Gasteiger partial charge < -0.3 is 15.4 Å². The number of hydrogen-bond acceptors (Lipinski definition) is 4. The molecule has 0 saturated carbocycles. The second-order valence-electron chi connectivity index (χ2n) is 7.27. The Bertz CT molecular complexity index is 890. The predicted molar refractivity (Wildman–Crippen MR) is 99.2 cm³/mol. The van der Waals surface area contributed by atoms with Gasteiger partial charge in [0.05, 0.1) is 11.3 Å². The molecule has 5 heteroatoms. The Morgan fingerprint density at radius 3 is 2.56 bits per heavy atom. The molecule has 5 nitrogen and oxygen atoms in total. The van der Waals surface area contributed by atoms with E-state index < -0.39 is 5.60 Å². The van der Waals surface area contributed by atoms with Gasteiger partial charge in [0.15, 0.2) is 0 Å². The van der Waals surface area contributed by atoms with E-state index >= 15 is 0 Å². The molecule has 0 amide bonds. The molecule has 3 N–H and O–H groups in total. The molecular formula is C20H24N4O. The standard InChI is InChI=1S/C20H24N4O/c1-12-8-24-19-18(12)16(6-7-22-19)17-5-4-15(11-23-17)20(25)13(2)9-21-10-14(20)3/h4-8,11,13-14,21,25H,9-10H2,1-3H3,(H,22,24)/t13-,14+,20?. The molecule has 3 atom stereocenters. The molecular weight excluding hydrogens is 312 g/mol. The van der Waals surface area contributed by atoms with Gasteiger partial charge >= 0.3 is 0 Å². The lowest BCUT2D eigenvalue weighted by atomic mass is 9.72. The number of aromatic amines is 1. The summed E-state index contributed by atoms with van der Waals surface area (Å²) in [4.78, 5) is 12.3. The molecule has 1 saturated heterocycles. The number of nitrogens with zero attached hydrogens (tertiary/aromatic N) is 2. The average Bonchev–Trinajstić information content (AvgIpc) is 3.01. The summed E-state index contributed by atoms with van der Waals surface area (Å²) < 4.78 is 0. The van der Waals surface area contributed by atoms with Crippen LogP contribution in [0.3, 0.4) is 0 Å². The third-order valence-corrected chi connectivity index (χ3v) is 5.68. The van der Waals surface area contributed by atoms with Gasteiger partial charge in [-0.2, -0.15) is 0 Å². The topological polar surface area (TPSA) is 73.8 Å². The summed E-state index contributed by atoms with van der Waals surface area (Å²) in [7, 11) is 0. The Balaban J connectivity index is 1.76. The second kappa shape index (κ2) is 5.93. The maximum atomic E-state index is 11.3. The summed E-state index contributed by atoms with van der Waals surface area (Å²) >= 11 is 0. The molecule has 3 aromatic heterocycles. The first-order valence-corrected chi connectivity index (χ1v) is 8.84. The van der Waals surface area contributed by atoms with Gasteiger partial charge in [-0.3, -0.25) is 4.98 Å². The Hall–Kier alpha value is -2.24. The van der Waals surface area contributed by atoms with E-state index in [4.69, 9.17) is 0 Å². The maximum absolute atomic E-state index is 11.3. The van der Waals surface area contributed by atoms with E-state index in [9.17, 15) is 5.11 Å². The molecule has 0 spiro atoms. The Morgan fingerprint density at radius 1 is 1.12 bits per heavy atom. The van der Waals surface area contributed by atoms with Crippen LogP contribution in [-0.2, 0) is 5.60 Å². The first kappa shape index (κ1) is 16.2. The quantitative estimate of drug-likeness (QED) is 0.672. The molecule has 3 aromatic rings. The van der Waals surface area contributed by atoms with Gasteiger partial charge in [-0.05, 0) is 24.6 Å². The normalized spacial score (nSPS) is 26.9. The molecule has 0 aromatic carbocycles. The van der Waals surface area contributed by atoms with Crippen molar-refractivity contribution in [2.45, 2.75) is 26.4 Å². The van der Waals surface area contributed by atoms with E-state index in [-0.39, 0.29) is 11.8 Å². The van der Waals surface area contributed by atoms with Gasteiger partial charge in [0.1, 0.15) is 5.65 Å². The minimum Gasteiger partial charge on any atom is -0.384 e. The van der Waals surface area contributed by atoms with Crippen LogP contribution in [0.4, 0.5) is 0 Å². The summed E-state index contributed by atoms with van der Waals surface area (Å²) in [6.07, 6.45) is 5.60. The lowest BCUT2D eigenvalue weighted by molar-refractivity contribution is -0.0809. The lowest BCUT2D eigenvalue weighted by Crippen LogP contribution is -2.52. The number of aryl methyl sites for hydroxylation is 1. The van der Waals surface area contributed by atoms with Gasteiger partial charge in [0.2, 0.25) is 0 Å². The molecule has 25 heavy (non-hydrogen) atoms. The number of pyridine rings is 2. The SMILES string of the molecule is Cc1c[nH]c2nccc(-c3ccc(C4(O)[C@H](C)CNC[C@@H]4C)cn3)c12. The summed E-state index contributed by atoms with van der Waals surface area (Å²) in [6, 6.07) is 6.03. The van der Waals surface area contributed by atoms with Crippen LogP contribution in [0.5, 0.6) is 0 Å². The number of rotatable bonds is 2. The summed E-state index contributed by atoms with van der Waals surface area (Å²) in [5, 5.41) is 15.8. The highest BCUT2D eigenvalue weighted by Gasteiger charge is 2.43. The van der Waals surface area contributed by atoms with Crippen LogP contribution in [0.2, 0.25) is 0 Å². The van der Waals surface area contributed by atoms with Crippen LogP contribution in [0.25, 0.3) is 22.3 Å². The Labute approximate surface area is 147 Å². The van der Waals surface area contributed by atoms with E-state index in [1.165, 1.54) is 0 Å². The van der Waals surface area contributed by atoms with Gasteiger partial charge in [0, 0.05) is 60.0 Å². The number of H-pyrrole nitrogens is 1. The van der Waals surface area contributed by atoms with Crippen molar-refractivity contribution in [3.05, 3.63) is 47.9 Å². The minimum absolute atomic E-state index is 0.142. The van der Waals surface area contributed by atoms with Crippen molar-refractivity contribution in [2.75, 3.05) is 13.1 Å². The highest BCUT2D eigenvalue weighted by atomic mass is 16.3. The molecule has 4 heterocycles. The highest BCUT2D eigenvalue weighted by molar-refractivity contribution is 5.94. The predicted octanol–water partition coefficient (Wildman–Crippen LogP) is 3.00. The Morgan fingerprint density at radius 2 is 1.88 bits per heavy atom. The van der Waals surface area contributed by atoms with Crippen LogP contribution in [0.15, 0.2) is 36.8 Å². The largest absolute Gasteiger partial charge is 0.384 e. The van der Waals surface area contributed by atoms with Gasteiger partial charge in [0.25, 0.3) is 0 Å². The van der Waals surface area contributed by atoms with E-state index in [1.807, 2.05) is 30.6 Å². The van der Waals surface area contributed by atoms with Crippen LogP contribution in [0.1, 0.15) is 25.0 Å². The highest BCUT2D eigenvalue weighted by Crippen LogP contribution is 2.39. The molecule has 4 rings (SSSR count). The second-order valence-corrected chi connectivity index (χ2v) is 7.27. The minimum atomic E-state index is -0.839. The first-order valence-electron chi connectivity index (χ1n) is 8.84. The van der Waals surface area contributed by atoms with Crippen molar-refractivity contribution in [3.63, 3.8) is 0 Å². The van der Waals surface area contributed by atoms with Gasteiger partial charge in [-0.1, -0.05) is 19.9 Å². The third kappa shape index (κ3) is 2.46. The Kier molecular flexibility index (Phi) is 3.85. The number of aliphatic hydroxyl groups is 1. The van der Waals surface area contributed by atoms with E-state index in [2.05, 4.69) is 41.0 Å². The fraction of sp³-hybridized carbons (Fsp3) is 0.400. The van der Waals surface area contributed by atoms with E-state index in [0.29, 0.717) is 0 Å². The number of fused-ring (bicyclic) bond motifs is 1. The van der Waals surface area contributed by atoms with Gasteiger partial charge in [-0.15, -0.1) is 0 Å². The molecule has 1 unspecified atom stereocenters.